The molecule has 0 bridgehead atoms. The molecule has 0 saturated heterocycles. The lowest BCUT2D eigenvalue weighted by Crippen LogP contribution is -2.40. The van der Waals surface area contributed by atoms with E-state index in [-0.39, 0.29) is 13.1 Å². The van der Waals surface area contributed by atoms with Crippen molar-refractivity contribution in [3.63, 3.8) is 0 Å². The predicted octanol–water partition coefficient (Wildman–Crippen LogP) is -1.81. The first-order chi connectivity index (χ1) is 9.99. The summed E-state index contributed by atoms with van der Waals surface area (Å²) in [4.78, 5) is 49.7. The van der Waals surface area contributed by atoms with E-state index in [1.807, 2.05) is 0 Å². The van der Waals surface area contributed by atoms with Crippen molar-refractivity contribution in [2.45, 2.75) is 0 Å². The van der Waals surface area contributed by atoms with Crippen molar-refractivity contribution in [2.24, 2.45) is 5.73 Å². The van der Waals surface area contributed by atoms with Crippen LogP contribution in [-0.2, 0) is 9.59 Å². The van der Waals surface area contributed by atoms with Gasteiger partial charge in [-0.25, -0.2) is 4.79 Å². The highest BCUT2D eigenvalue weighted by Gasteiger charge is 2.12. The highest BCUT2D eigenvalue weighted by molar-refractivity contribution is 6.34. The van der Waals surface area contributed by atoms with Gasteiger partial charge in [0, 0.05) is 13.1 Å². The quantitative estimate of drug-likeness (QED) is 0.333. The van der Waals surface area contributed by atoms with Crippen LogP contribution in [0.5, 0.6) is 0 Å². The average Bonchev–Trinajstić information content (AvgIpc) is 2.82. The van der Waals surface area contributed by atoms with Gasteiger partial charge in [0.05, 0.1) is 16.6 Å². The molecule has 0 aliphatic heterocycles. The first-order valence-corrected chi connectivity index (χ1v) is 6.06. The predicted molar refractivity (Wildman–Crippen MR) is 73.5 cm³/mol. The third-order valence-electron chi connectivity index (χ3n) is 2.72. The number of nitrogens with two attached hydrogens (primary N) is 1. The number of aromatic amines is 2. The number of imidazole rings is 1. The lowest BCUT2D eigenvalue weighted by Gasteiger charge is -2.06. The van der Waals surface area contributed by atoms with Crippen LogP contribution in [0.25, 0.3) is 11.0 Å². The van der Waals surface area contributed by atoms with E-state index in [0.29, 0.717) is 16.6 Å². The zero-order chi connectivity index (χ0) is 15.4. The molecule has 1 aromatic carbocycles. The van der Waals surface area contributed by atoms with Crippen molar-refractivity contribution in [3.05, 3.63) is 34.2 Å². The number of hydrogen-bond donors (Lipinski definition) is 5. The Morgan fingerprint density at radius 3 is 2.52 bits per heavy atom. The number of para-hydroxylation sites is 1. The molecule has 2 rings (SSSR count). The van der Waals surface area contributed by atoms with Crippen LogP contribution in [0.15, 0.2) is 23.0 Å². The van der Waals surface area contributed by atoms with Crippen LogP contribution in [0.4, 0.5) is 0 Å². The third-order valence-corrected chi connectivity index (χ3v) is 2.72. The number of H-pyrrole nitrogens is 2. The van der Waals surface area contributed by atoms with Gasteiger partial charge in [0.15, 0.2) is 0 Å². The van der Waals surface area contributed by atoms with Gasteiger partial charge in [-0.2, -0.15) is 0 Å². The Hall–Kier alpha value is -3.10. The second-order valence-corrected chi connectivity index (χ2v) is 4.18. The molecule has 0 fully saturated rings. The van der Waals surface area contributed by atoms with E-state index in [1.54, 1.807) is 18.2 Å². The topological polar surface area (TPSA) is 150 Å². The van der Waals surface area contributed by atoms with Gasteiger partial charge in [0.1, 0.15) is 0 Å². The molecule has 0 radical (unpaired) electrons. The van der Waals surface area contributed by atoms with E-state index >= 15 is 0 Å². The van der Waals surface area contributed by atoms with E-state index < -0.39 is 23.4 Å². The van der Waals surface area contributed by atoms with Crippen molar-refractivity contribution in [1.82, 2.24) is 20.6 Å². The molecule has 6 N–H and O–H groups in total. The molecule has 0 aliphatic rings. The van der Waals surface area contributed by atoms with Gasteiger partial charge in [-0.3, -0.25) is 14.4 Å². The normalized spacial score (nSPS) is 10.3. The molecule has 0 spiro atoms. The van der Waals surface area contributed by atoms with Crippen LogP contribution in [0.3, 0.4) is 0 Å². The largest absolute Gasteiger partial charge is 0.361 e. The van der Waals surface area contributed by atoms with Crippen molar-refractivity contribution in [3.8, 4) is 0 Å². The third kappa shape index (κ3) is 3.26. The van der Waals surface area contributed by atoms with Crippen LogP contribution in [0.1, 0.15) is 10.4 Å². The zero-order valence-corrected chi connectivity index (χ0v) is 10.9. The molecular weight excluding hydrogens is 278 g/mol. The number of carbonyl (C=O) groups is 3. The molecule has 3 amide bonds. The molecule has 0 saturated carbocycles. The minimum absolute atomic E-state index is 0.0626. The summed E-state index contributed by atoms with van der Waals surface area (Å²) < 4.78 is 0. The van der Waals surface area contributed by atoms with E-state index in [2.05, 4.69) is 20.6 Å². The summed E-state index contributed by atoms with van der Waals surface area (Å²) in [5.41, 5.74) is 5.58. The second-order valence-electron chi connectivity index (χ2n) is 4.18. The van der Waals surface area contributed by atoms with Gasteiger partial charge in [-0.05, 0) is 12.1 Å². The van der Waals surface area contributed by atoms with Gasteiger partial charge in [0.25, 0.3) is 5.91 Å². The van der Waals surface area contributed by atoms with Crippen LogP contribution >= 0.6 is 0 Å². The molecule has 0 atom stereocenters. The standard InChI is InChI=1S/C12H13N5O4/c13-9(18)11(20)15-5-4-14-10(19)6-2-1-3-7-8(6)17-12(21)16-7/h1-3H,4-5H2,(H2,13,18)(H,14,19)(H,15,20)(H2,16,17,21). The number of benzene rings is 1. The molecule has 110 valence electrons. The lowest BCUT2D eigenvalue weighted by molar-refractivity contribution is -0.137. The summed E-state index contributed by atoms with van der Waals surface area (Å²) in [7, 11) is 0. The first-order valence-electron chi connectivity index (χ1n) is 6.06. The molecular formula is C12H13N5O4. The highest BCUT2D eigenvalue weighted by Crippen LogP contribution is 2.12. The number of hydrogen-bond acceptors (Lipinski definition) is 4. The average molecular weight is 291 g/mol. The number of aromatic nitrogens is 2. The fraction of sp³-hybridized carbons (Fsp3) is 0.167. The number of fused-ring (bicyclic) bond motifs is 1. The SMILES string of the molecule is NC(=O)C(=O)NCCNC(=O)c1cccc2[nH]c(=O)[nH]c12. The molecule has 0 unspecified atom stereocenters. The number of rotatable bonds is 4. The van der Waals surface area contributed by atoms with E-state index in [4.69, 9.17) is 5.73 Å². The molecule has 1 heterocycles. The molecule has 9 heteroatoms. The molecule has 21 heavy (non-hydrogen) atoms. The van der Waals surface area contributed by atoms with Crippen molar-refractivity contribution >= 4 is 28.8 Å². The zero-order valence-electron chi connectivity index (χ0n) is 10.9. The maximum Gasteiger partial charge on any atom is 0.323 e. The van der Waals surface area contributed by atoms with Crippen LogP contribution in [0, 0.1) is 0 Å². The van der Waals surface area contributed by atoms with E-state index in [9.17, 15) is 19.2 Å². The summed E-state index contributed by atoms with van der Waals surface area (Å²) in [6, 6.07) is 4.86. The minimum atomic E-state index is -1.09. The number of nitrogens with one attached hydrogen (secondary N) is 4. The van der Waals surface area contributed by atoms with Crippen molar-refractivity contribution in [2.75, 3.05) is 13.1 Å². The molecule has 0 aliphatic carbocycles. The maximum absolute atomic E-state index is 12.0. The Bertz CT molecular complexity index is 760. The van der Waals surface area contributed by atoms with E-state index in [0.717, 1.165) is 0 Å². The number of primary amides is 1. The van der Waals surface area contributed by atoms with Gasteiger partial charge >= 0.3 is 17.5 Å². The van der Waals surface area contributed by atoms with Crippen LogP contribution in [0.2, 0.25) is 0 Å². The Labute approximate surface area is 117 Å². The van der Waals surface area contributed by atoms with Gasteiger partial charge in [0.2, 0.25) is 0 Å². The summed E-state index contributed by atoms with van der Waals surface area (Å²) in [6.45, 7) is 0.177. The Balaban J connectivity index is 1.98. The van der Waals surface area contributed by atoms with Gasteiger partial charge in [-0.15, -0.1) is 0 Å². The van der Waals surface area contributed by atoms with Crippen molar-refractivity contribution < 1.29 is 14.4 Å². The number of amides is 3. The molecule has 1 aromatic heterocycles. The van der Waals surface area contributed by atoms with Crippen LogP contribution < -0.4 is 22.1 Å². The summed E-state index contributed by atoms with van der Waals surface area (Å²) in [5.74, 6) is -2.42. The summed E-state index contributed by atoms with van der Waals surface area (Å²) >= 11 is 0. The fourth-order valence-electron chi connectivity index (χ4n) is 1.78. The fourth-order valence-corrected chi connectivity index (χ4v) is 1.78. The Kier molecular flexibility index (Phi) is 4.02. The Morgan fingerprint density at radius 2 is 1.81 bits per heavy atom. The van der Waals surface area contributed by atoms with Gasteiger partial charge < -0.3 is 26.3 Å². The minimum Gasteiger partial charge on any atom is -0.361 e. The van der Waals surface area contributed by atoms with E-state index in [1.165, 1.54) is 0 Å². The Morgan fingerprint density at radius 1 is 1.10 bits per heavy atom. The van der Waals surface area contributed by atoms with Crippen molar-refractivity contribution in [1.29, 1.82) is 0 Å². The summed E-state index contributed by atoms with van der Waals surface area (Å²) in [6.07, 6.45) is 0. The monoisotopic (exact) mass is 291 g/mol. The molecule has 2 aromatic rings. The summed E-state index contributed by atoms with van der Waals surface area (Å²) in [5, 5.41) is 4.79. The maximum atomic E-state index is 12.0. The second kappa shape index (κ2) is 5.90. The number of carbonyl (C=O) groups excluding carboxylic acids is 3. The highest BCUT2D eigenvalue weighted by atomic mass is 16.2. The lowest BCUT2D eigenvalue weighted by atomic mass is 10.1. The van der Waals surface area contributed by atoms with Gasteiger partial charge in [-0.1, -0.05) is 6.07 Å². The first kappa shape index (κ1) is 14.3. The molecule has 9 nitrogen and oxygen atoms in total. The smallest absolute Gasteiger partial charge is 0.323 e. The van der Waals surface area contributed by atoms with Crippen LogP contribution in [-0.4, -0.2) is 40.8 Å².